The van der Waals surface area contributed by atoms with Gasteiger partial charge in [0.05, 0.1) is 0 Å². The highest BCUT2D eigenvalue weighted by Crippen LogP contribution is 2.14. The molecule has 0 atom stereocenters. The van der Waals surface area contributed by atoms with E-state index in [0.29, 0.717) is 6.61 Å². The molecule has 91 valence electrons. The van der Waals surface area contributed by atoms with Crippen LogP contribution in [-0.2, 0) is 6.42 Å². The van der Waals surface area contributed by atoms with Crippen LogP contribution in [0, 0.1) is 6.92 Å². The third-order valence-electron chi connectivity index (χ3n) is 2.41. The highest BCUT2D eigenvalue weighted by molar-refractivity contribution is 5.29. The molecule has 1 radical (unpaired) electrons. The molecule has 0 N–H and O–H groups in total. The first-order chi connectivity index (χ1) is 8.36. The molecule has 0 aliphatic rings. The van der Waals surface area contributed by atoms with Gasteiger partial charge in [0, 0.05) is 0 Å². The third-order valence-corrected chi connectivity index (χ3v) is 2.41. The predicted molar refractivity (Wildman–Crippen MR) is 74.2 cm³/mol. The third kappa shape index (κ3) is 5.96. The minimum atomic E-state index is 0.649. The summed E-state index contributed by atoms with van der Waals surface area (Å²) in [6, 6.07) is 8.28. The molecule has 0 aromatic heterocycles. The van der Waals surface area contributed by atoms with Crippen molar-refractivity contribution in [2.45, 2.75) is 26.2 Å². The summed E-state index contributed by atoms with van der Waals surface area (Å²) < 4.78 is 5.64. The maximum Gasteiger partial charge on any atom is 0.120 e. The van der Waals surface area contributed by atoms with Crippen LogP contribution in [-0.4, -0.2) is 6.61 Å². The molecule has 17 heavy (non-hydrogen) atoms. The number of hydrogen-bond acceptors (Lipinski definition) is 1. The molecule has 0 unspecified atom stereocenters. The first-order valence-corrected chi connectivity index (χ1v) is 6.17. The van der Waals surface area contributed by atoms with E-state index in [1.54, 1.807) is 0 Å². The van der Waals surface area contributed by atoms with Gasteiger partial charge in [-0.15, -0.1) is 0 Å². The van der Waals surface area contributed by atoms with Gasteiger partial charge in [0.2, 0.25) is 0 Å². The molecular formula is C16H21O. The van der Waals surface area contributed by atoms with Gasteiger partial charge in [0.25, 0.3) is 0 Å². The molecular weight excluding hydrogens is 208 g/mol. The van der Waals surface area contributed by atoms with Crippen molar-refractivity contribution >= 4 is 0 Å². The quantitative estimate of drug-likeness (QED) is 0.631. The van der Waals surface area contributed by atoms with Gasteiger partial charge in [-0.1, -0.05) is 43.4 Å². The molecule has 0 spiro atoms. The van der Waals surface area contributed by atoms with Crippen LogP contribution >= 0.6 is 0 Å². The maximum atomic E-state index is 5.64. The van der Waals surface area contributed by atoms with E-state index in [1.165, 1.54) is 5.56 Å². The lowest BCUT2D eigenvalue weighted by atomic mass is 10.1. The predicted octanol–water partition coefficient (Wildman–Crippen LogP) is 4.35. The molecule has 1 aromatic carbocycles. The second-order valence-electron chi connectivity index (χ2n) is 3.85. The second kappa shape index (κ2) is 8.63. The highest BCUT2D eigenvalue weighted by atomic mass is 16.5. The van der Waals surface area contributed by atoms with Crippen LogP contribution in [0.15, 0.2) is 48.6 Å². The number of benzene rings is 1. The van der Waals surface area contributed by atoms with E-state index in [-0.39, 0.29) is 0 Å². The standard InChI is InChI=1S/C16H21O/c1-3-5-7-10-15-11-9-12-16(14-15)17-13-8-6-4-2/h3,5-6,8-9,11-12,14H,1,4,7,10,13H2,2H3/b5-3+,8-6+. The number of allylic oxidation sites excluding steroid dienone is 3. The summed E-state index contributed by atoms with van der Waals surface area (Å²) in [5.74, 6) is 0.946. The highest BCUT2D eigenvalue weighted by Gasteiger charge is 1.95. The fourth-order valence-corrected chi connectivity index (χ4v) is 1.54. The summed E-state index contributed by atoms with van der Waals surface area (Å²) in [6.07, 6.45) is 11.2. The van der Waals surface area contributed by atoms with Crippen LogP contribution in [0.25, 0.3) is 0 Å². The number of rotatable bonds is 7. The molecule has 1 nitrogen and oxygen atoms in total. The Bertz CT molecular complexity index is 364. The van der Waals surface area contributed by atoms with Gasteiger partial charge in [-0.2, -0.15) is 0 Å². The zero-order valence-corrected chi connectivity index (χ0v) is 10.6. The fraction of sp³-hybridized carbons (Fsp3) is 0.312. The van der Waals surface area contributed by atoms with Gasteiger partial charge >= 0.3 is 0 Å². The van der Waals surface area contributed by atoms with Gasteiger partial charge in [-0.3, -0.25) is 0 Å². The molecule has 1 heteroatoms. The SMILES string of the molecule is [CH2]/C=C/CCc1cccc(OC/C=C/CC)c1. The Hall–Kier alpha value is -1.50. The van der Waals surface area contributed by atoms with Crippen LogP contribution in [0.2, 0.25) is 0 Å². The first kappa shape index (κ1) is 13.6. The topological polar surface area (TPSA) is 9.23 Å². The molecule has 1 rings (SSSR count). The summed E-state index contributed by atoms with van der Waals surface area (Å²) in [4.78, 5) is 0. The summed E-state index contributed by atoms with van der Waals surface area (Å²) in [6.45, 7) is 6.45. The van der Waals surface area contributed by atoms with E-state index in [1.807, 2.05) is 18.2 Å². The molecule has 0 fully saturated rings. The average molecular weight is 229 g/mol. The van der Waals surface area contributed by atoms with Crippen molar-refractivity contribution in [3.05, 3.63) is 61.1 Å². The van der Waals surface area contributed by atoms with Crippen molar-refractivity contribution in [3.63, 3.8) is 0 Å². The number of ether oxygens (including phenoxy) is 1. The van der Waals surface area contributed by atoms with Crippen molar-refractivity contribution in [2.75, 3.05) is 6.61 Å². The summed E-state index contributed by atoms with van der Waals surface area (Å²) in [5.41, 5.74) is 1.31. The Balaban J connectivity index is 2.44. The van der Waals surface area contributed by atoms with Crippen molar-refractivity contribution in [1.29, 1.82) is 0 Å². The largest absolute Gasteiger partial charge is 0.490 e. The maximum absolute atomic E-state index is 5.64. The number of aryl methyl sites for hydroxylation is 1. The lowest BCUT2D eigenvalue weighted by Crippen LogP contribution is -1.94. The van der Waals surface area contributed by atoms with Crippen molar-refractivity contribution < 1.29 is 4.74 Å². The van der Waals surface area contributed by atoms with E-state index >= 15 is 0 Å². The molecule has 0 saturated carbocycles. The molecule has 0 saturated heterocycles. The van der Waals surface area contributed by atoms with E-state index in [9.17, 15) is 0 Å². The normalized spacial score (nSPS) is 11.4. The summed E-state index contributed by atoms with van der Waals surface area (Å²) in [5, 5.41) is 0. The van der Waals surface area contributed by atoms with Crippen LogP contribution in [0.4, 0.5) is 0 Å². The van der Waals surface area contributed by atoms with E-state index in [0.717, 1.165) is 25.0 Å². The van der Waals surface area contributed by atoms with Gasteiger partial charge in [-0.25, -0.2) is 0 Å². The number of hydrogen-bond donors (Lipinski definition) is 0. The van der Waals surface area contributed by atoms with E-state index in [2.05, 4.69) is 44.2 Å². The molecule has 0 heterocycles. The monoisotopic (exact) mass is 229 g/mol. The van der Waals surface area contributed by atoms with Gasteiger partial charge in [0.1, 0.15) is 12.4 Å². The van der Waals surface area contributed by atoms with Crippen molar-refractivity contribution in [1.82, 2.24) is 0 Å². The van der Waals surface area contributed by atoms with Gasteiger partial charge < -0.3 is 4.74 Å². The Labute approximate surface area is 105 Å². The minimum Gasteiger partial charge on any atom is -0.490 e. The van der Waals surface area contributed by atoms with Crippen molar-refractivity contribution in [2.24, 2.45) is 0 Å². The summed E-state index contributed by atoms with van der Waals surface area (Å²) in [7, 11) is 0. The smallest absolute Gasteiger partial charge is 0.120 e. The van der Waals surface area contributed by atoms with E-state index < -0.39 is 0 Å². The zero-order chi connectivity index (χ0) is 12.3. The van der Waals surface area contributed by atoms with Crippen LogP contribution in [0.1, 0.15) is 25.3 Å². The molecule has 0 amide bonds. The Morgan fingerprint density at radius 1 is 1.24 bits per heavy atom. The lowest BCUT2D eigenvalue weighted by Gasteiger charge is -2.05. The molecule has 0 bridgehead atoms. The van der Waals surface area contributed by atoms with E-state index in [4.69, 9.17) is 4.74 Å². The van der Waals surface area contributed by atoms with Crippen LogP contribution < -0.4 is 4.74 Å². The fourth-order valence-electron chi connectivity index (χ4n) is 1.54. The Morgan fingerprint density at radius 3 is 2.88 bits per heavy atom. The lowest BCUT2D eigenvalue weighted by molar-refractivity contribution is 0.362. The zero-order valence-electron chi connectivity index (χ0n) is 10.6. The second-order valence-corrected chi connectivity index (χ2v) is 3.85. The minimum absolute atomic E-state index is 0.649. The van der Waals surface area contributed by atoms with Crippen molar-refractivity contribution in [3.8, 4) is 5.75 Å². The van der Waals surface area contributed by atoms with Crippen LogP contribution in [0.3, 0.4) is 0 Å². The molecule has 0 aliphatic carbocycles. The average Bonchev–Trinajstić information content (AvgIpc) is 2.36. The molecule has 1 aromatic rings. The Kier molecular flexibility index (Phi) is 6.89. The summed E-state index contributed by atoms with van der Waals surface area (Å²) >= 11 is 0. The van der Waals surface area contributed by atoms with Gasteiger partial charge in [0.15, 0.2) is 0 Å². The first-order valence-electron chi connectivity index (χ1n) is 6.17. The molecule has 0 aliphatic heterocycles. The Morgan fingerprint density at radius 2 is 2.12 bits per heavy atom. The van der Waals surface area contributed by atoms with Gasteiger partial charge in [-0.05, 0) is 43.9 Å². The van der Waals surface area contributed by atoms with Crippen LogP contribution in [0.5, 0.6) is 5.75 Å².